The maximum Gasteiger partial charge on any atom is 0.227 e. The minimum Gasteiger partial charge on any atom is -0.493 e. The monoisotopic (exact) mass is 669 g/mol. The maximum absolute atomic E-state index is 13.4. The molecule has 45 heavy (non-hydrogen) atoms. The van der Waals surface area contributed by atoms with Crippen LogP contribution < -0.4 is 14.4 Å². The Morgan fingerprint density at radius 1 is 1.02 bits per heavy atom. The van der Waals surface area contributed by atoms with Gasteiger partial charge in [-0.3, -0.25) is 14.3 Å². The quantitative estimate of drug-likeness (QED) is 0.122. The van der Waals surface area contributed by atoms with Gasteiger partial charge in [-0.25, -0.2) is 0 Å². The molecule has 1 amide bonds. The van der Waals surface area contributed by atoms with E-state index in [1.54, 1.807) is 27.9 Å². The molecular formula is C34H34Cl3N3O5. The predicted octanol–water partition coefficient (Wildman–Crippen LogP) is 7.80. The van der Waals surface area contributed by atoms with Crippen molar-refractivity contribution >= 4 is 52.2 Å². The molecule has 1 N–H and O–H groups in total. The second-order valence-electron chi connectivity index (χ2n) is 10.8. The van der Waals surface area contributed by atoms with Gasteiger partial charge in [0.25, 0.3) is 0 Å². The lowest BCUT2D eigenvalue weighted by Crippen LogP contribution is -2.31. The zero-order valence-electron chi connectivity index (χ0n) is 24.9. The number of aliphatic hydroxyl groups excluding tert-OH is 1. The lowest BCUT2D eigenvalue weighted by atomic mass is 10.0. The number of aromatic nitrogens is 2. The van der Waals surface area contributed by atoms with E-state index in [0.717, 1.165) is 28.1 Å². The van der Waals surface area contributed by atoms with Crippen molar-refractivity contribution in [3.05, 3.63) is 92.7 Å². The van der Waals surface area contributed by atoms with E-state index in [0.29, 0.717) is 83.9 Å². The van der Waals surface area contributed by atoms with Gasteiger partial charge >= 0.3 is 0 Å². The van der Waals surface area contributed by atoms with Crippen molar-refractivity contribution in [1.82, 2.24) is 9.78 Å². The van der Waals surface area contributed by atoms with Crippen LogP contribution in [0.3, 0.4) is 0 Å². The van der Waals surface area contributed by atoms with Crippen LogP contribution in [-0.2, 0) is 11.3 Å². The Labute approximate surface area is 277 Å². The number of anilines is 1. The number of rotatable bonds is 12. The Morgan fingerprint density at radius 3 is 2.58 bits per heavy atom. The Kier molecular flexibility index (Phi) is 11.0. The highest BCUT2D eigenvalue weighted by Gasteiger charge is 2.25. The van der Waals surface area contributed by atoms with Gasteiger partial charge in [0, 0.05) is 75.1 Å². The molecule has 0 unspecified atom stereocenters. The summed E-state index contributed by atoms with van der Waals surface area (Å²) in [7, 11) is 0. The lowest BCUT2D eigenvalue weighted by Gasteiger charge is -2.23. The van der Waals surface area contributed by atoms with Crippen LogP contribution in [0, 0.1) is 6.92 Å². The molecule has 8 nitrogen and oxygen atoms in total. The molecule has 2 heterocycles. The SMILES string of the molecule is Cc1c(Cl)cccc1OCCCC(=O)N1CCCOc2c(-c3cnn(Cc4c(Cl)cc(C(=O)CCCO)cc4Cl)c3)cccc21. The fraction of sp³-hybridized carbons (Fsp3) is 0.324. The summed E-state index contributed by atoms with van der Waals surface area (Å²) >= 11 is 19.3. The molecule has 1 aliphatic rings. The summed E-state index contributed by atoms with van der Waals surface area (Å²) in [6.45, 7) is 3.58. The number of hydrogen-bond acceptors (Lipinski definition) is 6. The third kappa shape index (κ3) is 7.82. The topological polar surface area (TPSA) is 93.9 Å². The van der Waals surface area contributed by atoms with Gasteiger partial charge in [0.15, 0.2) is 11.5 Å². The van der Waals surface area contributed by atoms with E-state index >= 15 is 0 Å². The van der Waals surface area contributed by atoms with Crippen molar-refractivity contribution in [3.8, 4) is 22.6 Å². The second-order valence-corrected chi connectivity index (χ2v) is 12.0. The number of amides is 1. The average molecular weight is 671 g/mol. The van der Waals surface area contributed by atoms with Crippen molar-refractivity contribution in [1.29, 1.82) is 0 Å². The second kappa shape index (κ2) is 15.1. The van der Waals surface area contributed by atoms with Crippen LogP contribution in [0.25, 0.3) is 11.1 Å². The molecule has 0 atom stereocenters. The van der Waals surface area contributed by atoms with Gasteiger partial charge in [-0.2, -0.15) is 5.10 Å². The zero-order chi connectivity index (χ0) is 31.9. The summed E-state index contributed by atoms with van der Waals surface area (Å²) in [4.78, 5) is 27.6. The molecule has 1 aliphatic heterocycles. The third-order valence-electron chi connectivity index (χ3n) is 7.66. The van der Waals surface area contributed by atoms with Gasteiger partial charge in [-0.05, 0) is 56.5 Å². The number of nitrogens with zero attached hydrogens (tertiary/aromatic N) is 3. The highest BCUT2D eigenvalue weighted by atomic mass is 35.5. The van der Waals surface area contributed by atoms with Crippen molar-refractivity contribution in [2.45, 2.75) is 45.6 Å². The van der Waals surface area contributed by atoms with Gasteiger partial charge in [0.1, 0.15) is 5.75 Å². The minimum atomic E-state index is -0.126. The van der Waals surface area contributed by atoms with E-state index in [9.17, 15) is 9.59 Å². The molecule has 0 saturated carbocycles. The number of fused-ring (bicyclic) bond motifs is 1. The number of ether oxygens (including phenoxy) is 2. The molecule has 0 radical (unpaired) electrons. The number of Topliss-reactive ketones (excluding diaryl/α,β-unsaturated/α-hetero) is 1. The van der Waals surface area contributed by atoms with Gasteiger partial charge in [0.05, 0.1) is 31.6 Å². The normalized spacial score (nSPS) is 12.8. The fourth-order valence-corrected chi connectivity index (χ4v) is 6.00. The third-order valence-corrected chi connectivity index (χ3v) is 8.74. The van der Waals surface area contributed by atoms with E-state index in [4.69, 9.17) is 49.4 Å². The molecule has 236 valence electrons. The minimum absolute atomic E-state index is 0.00332. The molecule has 3 aromatic carbocycles. The summed E-state index contributed by atoms with van der Waals surface area (Å²) in [6, 6.07) is 14.5. The molecule has 5 rings (SSSR count). The summed E-state index contributed by atoms with van der Waals surface area (Å²) < 4.78 is 13.8. The van der Waals surface area contributed by atoms with E-state index < -0.39 is 0 Å². The number of carbonyl (C=O) groups excluding carboxylic acids is 2. The first kappa shape index (κ1) is 32.8. The van der Waals surface area contributed by atoms with Gasteiger partial charge in [-0.15, -0.1) is 0 Å². The first-order chi connectivity index (χ1) is 21.8. The van der Waals surface area contributed by atoms with E-state index in [1.165, 1.54) is 0 Å². The van der Waals surface area contributed by atoms with Gasteiger partial charge in [0.2, 0.25) is 5.91 Å². The van der Waals surface area contributed by atoms with Crippen LogP contribution in [0.4, 0.5) is 5.69 Å². The molecule has 1 aromatic heterocycles. The van der Waals surface area contributed by atoms with Crippen LogP contribution in [0.15, 0.2) is 60.9 Å². The van der Waals surface area contributed by atoms with Crippen LogP contribution in [0.2, 0.25) is 15.1 Å². The van der Waals surface area contributed by atoms with Gasteiger partial charge in [-0.1, -0.05) is 53.0 Å². The van der Waals surface area contributed by atoms with Crippen molar-refractivity contribution in [2.75, 3.05) is 31.3 Å². The van der Waals surface area contributed by atoms with Crippen LogP contribution in [0.5, 0.6) is 11.5 Å². The number of halogens is 3. The van der Waals surface area contributed by atoms with E-state index in [-0.39, 0.29) is 24.7 Å². The largest absolute Gasteiger partial charge is 0.493 e. The molecule has 0 fully saturated rings. The number of benzene rings is 3. The van der Waals surface area contributed by atoms with Crippen LogP contribution in [0.1, 0.15) is 53.6 Å². The van der Waals surface area contributed by atoms with Crippen molar-refractivity contribution in [3.63, 3.8) is 0 Å². The smallest absolute Gasteiger partial charge is 0.227 e. The molecule has 11 heteroatoms. The molecule has 4 aromatic rings. The number of hydrogen-bond donors (Lipinski definition) is 1. The summed E-state index contributed by atoms with van der Waals surface area (Å²) in [5.41, 5.74) is 4.29. The molecule has 0 spiro atoms. The van der Waals surface area contributed by atoms with E-state index in [2.05, 4.69) is 5.10 Å². The average Bonchev–Trinajstić information content (AvgIpc) is 3.38. The number of ketones is 1. The number of aliphatic hydroxyl groups is 1. The van der Waals surface area contributed by atoms with E-state index in [1.807, 2.05) is 49.5 Å². The number of carbonyl (C=O) groups is 2. The Bertz CT molecular complexity index is 1670. The molecule has 0 aliphatic carbocycles. The summed E-state index contributed by atoms with van der Waals surface area (Å²) in [5, 5.41) is 14.9. The standard InChI is InChI=1S/C34H34Cl3N3O5/c1-22-27(35)8-3-11-32(22)44-15-5-12-33(43)40-13-6-16-45-34-25(7-2-9-30(34)40)24-19-38-39(20-24)21-26-28(36)17-23(18-29(26)37)31(42)10-4-14-41/h2-3,7-9,11,17-20,41H,4-6,10,12-16,21H2,1H3. The first-order valence-electron chi connectivity index (χ1n) is 14.9. The maximum atomic E-state index is 13.4. The van der Waals surface area contributed by atoms with Crippen molar-refractivity contribution in [2.24, 2.45) is 0 Å². The number of para-hydroxylation sites is 1. The highest BCUT2D eigenvalue weighted by Crippen LogP contribution is 2.40. The lowest BCUT2D eigenvalue weighted by molar-refractivity contribution is -0.118. The highest BCUT2D eigenvalue weighted by molar-refractivity contribution is 6.36. The summed E-state index contributed by atoms with van der Waals surface area (Å²) in [5.74, 6) is 1.23. The van der Waals surface area contributed by atoms with Crippen LogP contribution in [-0.4, -0.2) is 52.9 Å². The first-order valence-corrected chi connectivity index (χ1v) is 16.0. The Balaban J connectivity index is 1.29. The molecule has 0 saturated heterocycles. The molecule has 0 bridgehead atoms. The van der Waals surface area contributed by atoms with Gasteiger partial charge < -0.3 is 19.5 Å². The summed E-state index contributed by atoms with van der Waals surface area (Å²) in [6.07, 6.45) is 5.80. The van der Waals surface area contributed by atoms with Crippen molar-refractivity contribution < 1.29 is 24.2 Å². The predicted molar refractivity (Wildman–Crippen MR) is 177 cm³/mol. The zero-order valence-corrected chi connectivity index (χ0v) is 27.2. The Hall–Kier alpha value is -3.56. The fourth-order valence-electron chi connectivity index (χ4n) is 5.23. The Morgan fingerprint density at radius 2 is 1.80 bits per heavy atom. The van der Waals surface area contributed by atoms with Crippen LogP contribution >= 0.6 is 34.8 Å². The molecular weight excluding hydrogens is 637 g/mol.